The second-order valence-electron chi connectivity index (χ2n) is 13.5. The van der Waals surface area contributed by atoms with Gasteiger partial charge in [-0.15, -0.1) is 0 Å². The van der Waals surface area contributed by atoms with Gasteiger partial charge in [0.2, 0.25) is 6.29 Å². The fourth-order valence-corrected chi connectivity index (χ4v) is 6.64. The van der Waals surface area contributed by atoms with Crippen molar-refractivity contribution in [2.75, 3.05) is 24.7 Å². The van der Waals surface area contributed by atoms with Gasteiger partial charge < -0.3 is 29.2 Å². The van der Waals surface area contributed by atoms with Crippen LogP contribution in [0.4, 0.5) is 28.7 Å². The predicted molar refractivity (Wildman–Crippen MR) is 205 cm³/mol. The molecule has 310 valence electrons. The minimum atomic E-state index is -1.45. The van der Waals surface area contributed by atoms with Gasteiger partial charge in [-0.1, -0.05) is 12.1 Å². The average Bonchev–Trinajstić information content (AvgIpc) is 3.17. The van der Waals surface area contributed by atoms with Crippen molar-refractivity contribution in [3.63, 3.8) is 0 Å². The van der Waals surface area contributed by atoms with Crippen molar-refractivity contribution in [3.05, 3.63) is 104 Å². The maximum absolute atomic E-state index is 15.8. The maximum Gasteiger partial charge on any atom is 0.511 e. The van der Waals surface area contributed by atoms with Crippen molar-refractivity contribution in [1.29, 1.82) is 0 Å². The third-order valence-electron chi connectivity index (χ3n) is 9.24. The molecule has 2 aromatic carbocycles. The third kappa shape index (κ3) is 9.42. The second-order valence-corrected chi connectivity index (χ2v) is 13.5. The van der Waals surface area contributed by atoms with Crippen LogP contribution in [0.5, 0.6) is 0 Å². The molecule has 1 aliphatic rings. The molecule has 58 heavy (non-hydrogen) atoms. The number of fused-ring (bicyclic) bond motifs is 2. The SMILES string of the molecule is Cc1cc(N2CCOC[C@@H]2C)cc(F)c1C(=O)N[C@@H](Cc1ccc(-n2c(=O)c3ccncc3n(C)c2=O)c2ncccc12)C(=O)OC(C)OC(=O)OC(C)C.F.FF. The third-order valence-corrected chi connectivity index (χ3v) is 9.24. The number of hydrogen-bond donors (Lipinski definition) is 1. The molecule has 1 amide bonds. The van der Waals surface area contributed by atoms with Crippen LogP contribution in [0.2, 0.25) is 0 Å². The first-order valence-electron chi connectivity index (χ1n) is 17.8. The highest BCUT2D eigenvalue weighted by Crippen LogP contribution is 2.27. The quantitative estimate of drug-likeness (QED) is 0.113. The first-order chi connectivity index (χ1) is 27.2. The molecular weight excluding hydrogens is 772 g/mol. The molecule has 0 radical (unpaired) electrons. The highest BCUT2D eigenvalue weighted by molar-refractivity contribution is 5.99. The number of aromatic nitrogens is 4. The minimum Gasteiger partial charge on any atom is -0.431 e. The summed E-state index contributed by atoms with van der Waals surface area (Å²) in [6.07, 6.45) is 1.19. The van der Waals surface area contributed by atoms with E-state index in [1.54, 1.807) is 45.0 Å². The monoisotopic (exact) mass is 814 g/mol. The van der Waals surface area contributed by atoms with Crippen LogP contribution in [0.15, 0.2) is 70.6 Å². The Kier molecular flexibility index (Phi) is 14.7. The highest BCUT2D eigenvalue weighted by atomic mass is 20.0. The van der Waals surface area contributed by atoms with Crippen LogP contribution in [0, 0.1) is 12.7 Å². The standard InChI is InChI=1S/C39H41FN6O9.F2.FH/c1-21(2)53-39(51)55-24(5)54-37(49)30(43-35(47)33-22(3)16-26(18-29(33)40)45-14-15-52-20-23(45)4)17-25-9-10-31(34-27(25)8-7-12-42-34)46-36(48)28-11-13-41-19-32(28)44(6)38(46)50;1-2;/h7-13,16,18-19,21,23-24,30H,14-15,17,20H2,1-6H3,(H,43,47);;1H/t23-,24?,30-;;/m0../s1. The van der Waals surface area contributed by atoms with E-state index in [4.69, 9.17) is 28.1 Å². The molecule has 1 unspecified atom stereocenters. The molecule has 1 N–H and O–H groups in total. The van der Waals surface area contributed by atoms with Gasteiger partial charge in [-0.05, 0) is 69.2 Å². The van der Waals surface area contributed by atoms with Crippen LogP contribution in [0.1, 0.15) is 49.2 Å². The normalized spacial score (nSPS) is 14.8. The van der Waals surface area contributed by atoms with Crippen LogP contribution in [0.25, 0.3) is 27.5 Å². The number of amides is 1. The first-order valence-corrected chi connectivity index (χ1v) is 17.8. The summed E-state index contributed by atoms with van der Waals surface area (Å²) < 4.78 is 55.1. The fraction of sp³-hybridized carbons (Fsp3) is 0.359. The number of hydrogen-bond acceptors (Lipinski definition) is 12. The lowest BCUT2D eigenvalue weighted by molar-refractivity contribution is -0.170. The first kappa shape index (κ1) is 44.3. The summed E-state index contributed by atoms with van der Waals surface area (Å²) >= 11 is 0. The summed E-state index contributed by atoms with van der Waals surface area (Å²) in [4.78, 5) is 77.5. The van der Waals surface area contributed by atoms with Crippen LogP contribution in [-0.2, 0) is 37.2 Å². The van der Waals surface area contributed by atoms with Gasteiger partial charge in [0.25, 0.3) is 11.5 Å². The number of rotatable bonds is 10. The summed E-state index contributed by atoms with van der Waals surface area (Å²) in [5.41, 5.74) is 0.714. The number of carbonyl (C=O) groups excluding carboxylic acids is 3. The Bertz CT molecular complexity index is 2400. The number of carbonyl (C=O) groups is 3. The lowest BCUT2D eigenvalue weighted by atomic mass is 9.99. The van der Waals surface area contributed by atoms with E-state index < -0.39 is 53.5 Å². The van der Waals surface area contributed by atoms with Gasteiger partial charge in [-0.3, -0.25) is 28.8 Å². The van der Waals surface area contributed by atoms with Crippen molar-refractivity contribution in [3.8, 4) is 5.69 Å². The Balaban J connectivity index is 0.00000244. The Morgan fingerprint density at radius 1 is 1.02 bits per heavy atom. The lowest BCUT2D eigenvalue weighted by Gasteiger charge is -2.35. The molecular formula is C39H42F4N6O9. The van der Waals surface area contributed by atoms with Crippen molar-refractivity contribution in [1.82, 2.24) is 24.4 Å². The summed E-state index contributed by atoms with van der Waals surface area (Å²) in [6.45, 7) is 9.61. The van der Waals surface area contributed by atoms with Gasteiger partial charge in [-0.2, -0.15) is 0 Å². The molecule has 5 aromatic rings. The van der Waals surface area contributed by atoms with Gasteiger partial charge in [0.05, 0.1) is 53.2 Å². The molecule has 0 spiro atoms. The van der Waals surface area contributed by atoms with E-state index in [1.807, 2.05) is 11.8 Å². The van der Waals surface area contributed by atoms with Crippen LogP contribution < -0.4 is 21.5 Å². The molecule has 15 nitrogen and oxygen atoms in total. The van der Waals surface area contributed by atoms with Crippen molar-refractivity contribution in [2.24, 2.45) is 7.05 Å². The van der Waals surface area contributed by atoms with Crippen molar-refractivity contribution >= 4 is 45.5 Å². The lowest BCUT2D eigenvalue weighted by Crippen LogP contribution is -2.45. The second kappa shape index (κ2) is 19.2. The van der Waals surface area contributed by atoms with E-state index in [2.05, 4.69) is 15.3 Å². The molecule has 0 bridgehead atoms. The predicted octanol–water partition coefficient (Wildman–Crippen LogP) is 5.09. The topological polar surface area (TPSA) is 173 Å². The molecule has 1 saturated heterocycles. The number of ether oxygens (including phenoxy) is 4. The number of nitrogens with one attached hydrogen (secondary N) is 1. The van der Waals surface area contributed by atoms with E-state index >= 15 is 4.39 Å². The van der Waals surface area contributed by atoms with Gasteiger partial charge in [-0.25, -0.2) is 23.3 Å². The minimum absolute atomic E-state index is 0. The molecule has 6 rings (SSSR count). The van der Waals surface area contributed by atoms with E-state index in [1.165, 1.54) is 55.3 Å². The number of esters is 1. The number of aryl methyl sites for hydroxylation is 2. The van der Waals surface area contributed by atoms with Gasteiger partial charge in [0.1, 0.15) is 11.9 Å². The molecule has 0 saturated carbocycles. The molecule has 19 heteroatoms. The molecule has 1 aliphatic heterocycles. The van der Waals surface area contributed by atoms with Crippen LogP contribution in [0.3, 0.4) is 0 Å². The van der Waals surface area contributed by atoms with E-state index in [-0.39, 0.29) is 39.3 Å². The Labute approximate surface area is 328 Å². The molecule has 1 fully saturated rings. The summed E-state index contributed by atoms with van der Waals surface area (Å²) in [5, 5.41) is 3.34. The molecule has 4 heterocycles. The Morgan fingerprint density at radius 2 is 1.76 bits per heavy atom. The van der Waals surface area contributed by atoms with E-state index in [0.717, 1.165) is 4.57 Å². The maximum atomic E-state index is 15.8. The molecule has 0 aliphatic carbocycles. The molecule has 3 aromatic heterocycles. The Hall–Kier alpha value is -6.37. The number of morpholine rings is 1. The van der Waals surface area contributed by atoms with Crippen LogP contribution in [-0.4, -0.2) is 81.4 Å². The zero-order chi connectivity index (χ0) is 41.6. The van der Waals surface area contributed by atoms with E-state index in [9.17, 15) is 24.0 Å². The zero-order valence-corrected chi connectivity index (χ0v) is 32.4. The molecule has 3 atom stereocenters. The average molecular weight is 815 g/mol. The largest absolute Gasteiger partial charge is 0.511 e. The van der Waals surface area contributed by atoms with E-state index in [0.29, 0.717) is 47.5 Å². The smallest absolute Gasteiger partial charge is 0.431 e. The number of halogens is 4. The number of benzene rings is 2. The summed E-state index contributed by atoms with van der Waals surface area (Å²) in [6, 6.07) is 9.49. The fourth-order valence-electron chi connectivity index (χ4n) is 6.64. The summed E-state index contributed by atoms with van der Waals surface area (Å²) in [5.74, 6) is -2.67. The van der Waals surface area contributed by atoms with Gasteiger partial charge in [0, 0.05) is 65.6 Å². The number of anilines is 1. The van der Waals surface area contributed by atoms with Gasteiger partial charge in [0.15, 0.2) is 0 Å². The van der Waals surface area contributed by atoms with Gasteiger partial charge >= 0.3 is 17.8 Å². The zero-order valence-electron chi connectivity index (χ0n) is 32.4. The van der Waals surface area contributed by atoms with Crippen molar-refractivity contribution < 1.29 is 51.6 Å². The number of pyridine rings is 2. The highest BCUT2D eigenvalue weighted by Gasteiger charge is 2.30. The summed E-state index contributed by atoms with van der Waals surface area (Å²) in [7, 11) is 1.53. The Morgan fingerprint density at radius 3 is 2.45 bits per heavy atom. The number of nitrogens with zero attached hydrogens (tertiary/aromatic N) is 5. The van der Waals surface area contributed by atoms with Crippen LogP contribution >= 0.6 is 0 Å². The van der Waals surface area contributed by atoms with Crippen molar-refractivity contribution in [2.45, 2.75) is 65.5 Å².